The Bertz CT molecular complexity index is 548. The Labute approximate surface area is 114 Å². The first-order valence-corrected chi connectivity index (χ1v) is 6.48. The Kier molecular flexibility index (Phi) is 4.35. The van der Waals surface area contributed by atoms with Crippen molar-refractivity contribution in [3.8, 4) is 0 Å². The maximum absolute atomic E-state index is 5.70. The highest BCUT2D eigenvalue weighted by Gasteiger charge is 2.09. The van der Waals surface area contributed by atoms with Crippen LogP contribution in [0.3, 0.4) is 0 Å². The highest BCUT2D eigenvalue weighted by Crippen LogP contribution is 2.16. The lowest BCUT2D eigenvalue weighted by atomic mass is 10.2. The molecular formula is C15H21N3O. The summed E-state index contributed by atoms with van der Waals surface area (Å²) in [6.45, 7) is 6.05. The summed E-state index contributed by atoms with van der Waals surface area (Å²) < 4.78 is 5.70. The predicted octanol–water partition coefficient (Wildman–Crippen LogP) is 2.38. The average molecular weight is 259 g/mol. The molecule has 2 aromatic rings. The minimum absolute atomic E-state index is 0.526. The van der Waals surface area contributed by atoms with Crippen LogP contribution < -0.4 is 5.73 Å². The van der Waals surface area contributed by atoms with E-state index in [1.807, 2.05) is 38.1 Å². The van der Waals surface area contributed by atoms with E-state index in [0.29, 0.717) is 6.54 Å². The molecule has 4 nitrogen and oxygen atoms in total. The largest absolute Gasteiger partial charge is 0.465 e. The monoisotopic (exact) mass is 259 g/mol. The number of rotatable bonds is 5. The van der Waals surface area contributed by atoms with Crippen molar-refractivity contribution in [1.29, 1.82) is 0 Å². The van der Waals surface area contributed by atoms with Crippen LogP contribution in [0, 0.1) is 13.8 Å². The van der Waals surface area contributed by atoms with Gasteiger partial charge in [-0.15, -0.1) is 0 Å². The Morgan fingerprint density at radius 3 is 2.68 bits per heavy atom. The Hall–Kier alpha value is -1.65. The van der Waals surface area contributed by atoms with Gasteiger partial charge in [0.1, 0.15) is 11.5 Å². The number of nitrogens with two attached hydrogens (primary N) is 1. The summed E-state index contributed by atoms with van der Waals surface area (Å²) >= 11 is 0. The standard InChI is InChI=1S/C15H21N3O/c1-11-5-4-6-14(17-11)9-18(3)10-15-7-13(8-16)12(2)19-15/h4-7H,8-10,16H2,1-3H3. The zero-order chi connectivity index (χ0) is 13.8. The van der Waals surface area contributed by atoms with Crippen LogP contribution in [-0.4, -0.2) is 16.9 Å². The molecule has 0 aromatic carbocycles. The van der Waals surface area contributed by atoms with Gasteiger partial charge < -0.3 is 10.2 Å². The fraction of sp³-hybridized carbons (Fsp3) is 0.400. The fourth-order valence-electron chi connectivity index (χ4n) is 2.15. The predicted molar refractivity (Wildman–Crippen MR) is 75.5 cm³/mol. The summed E-state index contributed by atoms with van der Waals surface area (Å²) in [5.74, 6) is 1.87. The first kappa shape index (κ1) is 13.8. The van der Waals surface area contributed by atoms with Crippen molar-refractivity contribution in [2.75, 3.05) is 7.05 Å². The molecule has 0 aliphatic rings. The maximum atomic E-state index is 5.70. The van der Waals surface area contributed by atoms with E-state index in [1.54, 1.807) is 0 Å². The molecule has 0 aliphatic heterocycles. The van der Waals surface area contributed by atoms with Crippen LogP contribution in [0.4, 0.5) is 0 Å². The van der Waals surface area contributed by atoms with Crippen LogP contribution in [0.15, 0.2) is 28.7 Å². The number of aromatic nitrogens is 1. The molecule has 0 aliphatic carbocycles. The van der Waals surface area contributed by atoms with Gasteiger partial charge >= 0.3 is 0 Å². The summed E-state index contributed by atoms with van der Waals surface area (Å²) in [6.07, 6.45) is 0. The van der Waals surface area contributed by atoms with Crippen LogP contribution in [0.5, 0.6) is 0 Å². The molecule has 0 saturated carbocycles. The first-order chi connectivity index (χ1) is 9.08. The SMILES string of the molecule is Cc1cccc(CN(C)Cc2cc(CN)c(C)o2)n1. The molecule has 0 atom stereocenters. The van der Waals surface area contributed by atoms with E-state index in [4.69, 9.17) is 10.2 Å². The molecule has 4 heteroatoms. The molecule has 2 rings (SSSR count). The van der Waals surface area contributed by atoms with Crippen molar-refractivity contribution in [2.24, 2.45) is 5.73 Å². The van der Waals surface area contributed by atoms with Crippen LogP contribution in [0.2, 0.25) is 0 Å². The summed E-state index contributed by atoms with van der Waals surface area (Å²) in [4.78, 5) is 6.68. The van der Waals surface area contributed by atoms with Crippen molar-refractivity contribution < 1.29 is 4.42 Å². The van der Waals surface area contributed by atoms with E-state index >= 15 is 0 Å². The third-order valence-corrected chi connectivity index (χ3v) is 3.10. The van der Waals surface area contributed by atoms with Crippen LogP contribution in [-0.2, 0) is 19.6 Å². The lowest BCUT2D eigenvalue weighted by molar-refractivity contribution is 0.282. The highest BCUT2D eigenvalue weighted by atomic mass is 16.3. The van der Waals surface area contributed by atoms with Crippen molar-refractivity contribution in [2.45, 2.75) is 33.5 Å². The van der Waals surface area contributed by atoms with Gasteiger partial charge in [-0.1, -0.05) is 6.07 Å². The van der Waals surface area contributed by atoms with Crippen LogP contribution >= 0.6 is 0 Å². The Balaban J connectivity index is 1.98. The Morgan fingerprint density at radius 1 is 1.26 bits per heavy atom. The number of nitrogens with zero attached hydrogens (tertiary/aromatic N) is 2. The van der Waals surface area contributed by atoms with Gasteiger partial charge in [-0.2, -0.15) is 0 Å². The third-order valence-electron chi connectivity index (χ3n) is 3.10. The van der Waals surface area contributed by atoms with Crippen LogP contribution in [0.1, 0.15) is 28.5 Å². The second-order valence-corrected chi connectivity index (χ2v) is 4.94. The second kappa shape index (κ2) is 5.99. The number of furan rings is 1. The summed E-state index contributed by atoms with van der Waals surface area (Å²) in [5, 5.41) is 0. The molecule has 0 radical (unpaired) electrons. The first-order valence-electron chi connectivity index (χ1n) is 6.48. The van der Waals surface area contributed by atoms with Crippen LogP contribution in [0.25, 0.3) is 0 Å². The molecule has 0 saturated heterocycles. The normalized spacial score (nSPS) is 11.2. The van der Waals surface area contributed by atoms with E-state index in [-0.39, 0.29) is 0 Å². The molecule has 0 spiro atoms. The zero-order valence-corrected chi connectivity index (χ0v) is 11.8. The summed E-state index contributed by atoms with van der Waals surface area (Å²) in [7, 11) is 2.06. The minimum atomic E-state index is 0.526. The molecule has 0 unspecified atom stereocenters. The van der Waals surface area contributed by atoms with Gasteiger partial charge in [0.25, 0.3) is 0 Å². The van der Waals surface area contributed by atoms with E-state index < -0.39 is 0 Å². The molecule has 102 valence electrons. The van der Waals surface area contributed by atoms with E-state index in [1.165, 1.54) is 0 Å². The fourth-order valence-corrected chi connectivity index (χ4v) is 2.15. The quantitative estimate of drug-likeness (QED) is 0.895. The van der Waals surface area contributed by atoms with Gasteiger partial charge in [0, 0.05) is 24.3 Å². The molecule has 2 heterocycles. The number of aryl methyl sites for hydroxylation is 2. The van der Waals surface area contributed by atoms with Crippen molar-refractivity contribution in [3.05, 3.63) is 52.7 Å². The molecule has 2 aromatic heterocycles. The van der Waals surface area contributed by atoms with E-state index in [0.717, 1.165) is 41.6 Å². The third kappa shape index (κ3) is 3.66. The number of pyridine rings is 1. The van der Waals surface area contributed by atoms with Gasteiger partial charge in [-0.3, -0.25) is 9.88 Å². The summed E-state index contributed by atoms with van der Waals surface area (Å²) in [5.41, 5.74) is 8.85. The minimum Gasteiger partial charge on any atom is -0.465 e. The number of hydrogen-bond acceptors (Lipinski definition) is 4. The van der Waals surface area contributed by atoms with Gasteiger partial charge in [0.05, 0.1) is 12.2 Å². The lowest BCUT2D eigenvalue weighted by Crippen LogP contribution is -2.17. The van der Waals surface area contributed by atoms with Gasteiger partial charge in [0.2, 0.25) is 0 Å². The van der Waals surface area contributed by atoms with Crippen molar-refractivity contribution >= 4 is 0 Å². The molecule has 0 bridgehead atoms. The number of hydrogen-bond donors (Lipinski definition) is 1. The van der Waals surface area contributed by atoms with Crippen molar-refractivity contribution in [1.82, 2.24) is 9.88 Å². The lowest BCUT2D eigenvalue weighted by Gasteiger charge is -2.14. The van der Waals surface area contributed by atoms with Crippen molar-refractivity contribution in [3.63, 3.8) is 0 Å². The molecule has 19 heavy (non-hydrogen) atoms. The van der Waals surface area contributed by atoms with Gasteiger partial charge in [-0.05, 0) is 39.1 Å². The van der Waals surface area contributed by atoms with E-state index in [2.05, 4.69) is 16.9 Å². The summed E-state index contributed by atoms with van der Waals surface area (Å²) in [6, 6.07) is 8.12. The second-order valence-electron chi connectivity index (χ2n) is 4.94. The average Bonchev–Trinajstić information content (AvgIpc) is 2.69. The molecule has 2 N–H and O–H groups in total. The smallest absolute Gasteiger partial charge is 0.118 e. The highest BCUT2D eigenvalue weighted by molar-refractivity contribution is 5.20. The van der Waals surface area contributed by atoms with Gasteiger partial charge in [-0.25, -0.2) is 0 Å². The Morgan fingerprint density at radius 2 is 2.05 bits per heavy atom. The van der Waals surface area contributed by atoms with E-state index in [9.17, 15) is 0 Å². The maximum Gasteiger partial charge on any atom is 0.118 e. The van der Waals surface area contributed by atoms with Gasteiger partial charge in [0.15, 0.2) is 0 Å². The molecule has 0 amide bonds. The molecule has 0 fully saturated rings. The molecular weight excluding hydrogens is 238 g/mol. The zero-order valence-electron chi connectivity index (χ0n) is 11.8. The topological polar surface area (TPSA) is 55.3 Å².